The van der Waals surface area contributed by atoms with E-state index in [2.05, 4.69) is 23.1 Å². The maximum absolute atomic E-state index is 14.4. The summed E-state index contributed by atoms with van der Waals surface area (Å²) in [6.07, 6.45) is 1.23. The zero-order chi connectivity index (χ0) is 18.0. The number of fused-ring (bicyclic) bond motifs is 1. The number of rotatable bonds is 5. The molecule has 1 aromatic heterocycles. The van der Waals surface area contributed by atoms with Crippen LogP contribution in [0.2, 0.25) is 0 Å². The molecule has 1 aliphatic rings. The third-order valence-electron chi connectivity index (χ3n) is 5.32. The van der Waals surface area contributed by atoms with E-state index in [4.69, 9.17) is 0 Å². The number of halogens is 2. The lowest BCUT2D eigenvalue weighted by Gasteiger charge is -2.38. The van der Waals surface area contributed by atoms with Gasteiger partial charge in [-0.2, -0.15) is 0 Å². The van der Waals surface area contributed by atoms with E-state index >= 15 is 0 Å². The molecule has 0 radical (unpaired) electrons. The molecule has 2 heterocycles. The highest BCUT2D eigenvalue weighted by Gasteiger charge is 2.43. The van der Waals surface area contributed by atoms with E-state index in [1.54, 1.807) is 11.3 Å². The van der Waals surface area contributed by atoms with Gasteiger partial charge in [0.1, 0.15) is 0 Å². The monoisotopic (exact) mass is 371 g/mol. The number of likely N-dealkylation sites (tertiary alicyclic amines) is 1. The summed E-state index contributed by atoms with van der Waals surface area (Å²) in [5.41, 5.74) is 1.14. The van der Waals surface area contributed by atoms with Crippen molar-refractivity contribution in [3.63, 3.8) is 0 Å². The second kappa shape index (κ2) is 7.45. The van der Waals surface area contributed by atoms with Gasteiger partial charge >= 0.3 is 0 Å². The lowest BCUT2D eigenvalue weighted by atomic mass is 9.88. The summed E-state index contributed by atoms with van der Waals surface area (Å²) in [6.45, 7) is 1.73. The minimum absolute atomic E-state index is 0.0304. The number of alkyl halides is 2. The highest BCUT2D eigenvalue weighted by atomic mass is 32.1. The Balaban J connectivity index is 1.41. The van der Waals surface area contributed by atoms with E-state index in [0.29, 0.717) is 19.5 Å². The maximum Gasteiger partial charge on any atom is 0.253 e. The van der Waals surface area contributed by atoms with E-state index in [1.807, 2.05) is 42.5 Å². The maximum atomic E-state index is 14.4. The van der Waals surface area contributed by atoms with Crippen molar-refractivity contribution < 1.29 is 8.78 Å². The van der Waals surface area contributed by atoms with Gasteiger partial charge < -0.3 is 0 Å². The molecular weight excluding hydrogens is 348 g/mol. The SMILES string of the molecule is FC1(F)CCN(Cc2cc3ccccc3s2)CC1CCc1ccccc1. The Labute approximate surface area is 157 Å². The van der Waals surface area contributed by atoms with Crippen LogP contribution in [0, 0.1) is 5.92 Å². The first-order valence-electron chi connectivity index (χ1n) is 9.22. The predicted molar refractivity (Wildman–Crippen MR) is 105 cm³/mol. The van der Waals surface area contributed by atoms with E-state index in [-0.39, 0.29) is 6.42 Å². The van der Waals surface area contributed by atoms with Crippen LogP contribution in [-0.2, 0) is 13.0 Å². The first-order chi connectivity index (χ1) is 12.6. The molecule has 2 aromatic carbocycles. The zero-order valence-corrected chi connectivity index (χ0v) is 15.5. The van der Waals surface area contributed by atoms with Crippen LogP contribution in [0.15, 0.2) is 60.7 Å². The largest absolute Gasteiger partial charge is 0.298 e. The van der Waals surface area contributed by atoms with Crippen LogP contribution in [0.5, 0.6) is 0 Å². The van der Waals surface area contributed by atoms with Crippen molar-refractivity contribution in [1.29, 1.82) is 0 Å². The first kappa shape index (κ1) is 17.6. The summed E-state index contributed by atoms with van der Waals surface area (Å²) in [7, 11) is 0. The normalized spacial score (nSPS) is 20.5. The smallest absolute Gasteiger partial charge is 0.253 e. The van der Waals surface area contributed by atoms with Gasteiger partial charge in [0.2, 0.25) is 0 Å². The molecule has 0 bridgehead atoms. The van der Waals surface area contributed by atoms with Crippen molar-refractivity contribution in [3.05, 3.63) is 71.1 Å². The fourth-order valence-corrected chi connectivity index (χ4v) is 4.92. The van der Waals surface area contributed by atoms with Crippen molar-refractivity contribution in [2.75, 3.05) is 13.1 Å². The van der Waals surface area contributed by atoms with Crippen molar-refractivity contribution in [1.82, 2.24) is 4.90 Å². The zero-order valence-electron chi connectivity index (χ0n) is 14.7. The lowest BCUT2D eigenvalue weighted by molar-refractivity contribution is -0.109. The Morgan fingerprint density at radius 2 is 1.81 bits per heavy atom. The van der Waals surface area contributed by atoms with Gasteiger partial charge in [-0.05, 0) is 35.9 Å². The number of thiophene rings is 1. The second-order valence-corrected chi connectivity index (χ2v) is 8.39. The summed E-state index contributed by atoms with van der Waals surface area (Å²) in [5, 5.41) is 1.25. The summed E-state index contributed by atoms with van der Waals surface area (Å²) < 4.78 is 30.1. The molecule has 0 spiro atoms. The van der Waals surface area contributed by atoms with Crippen molar-refractivity contribution in [2.45, 2.75) is 31.7 Å². The van der Waals surface area contributed by atoms with Gasteiger partial charge in [-0.3, -0.25) is 4.90 Å². The average molecular weight is 371 g/mol. The molecule has 1 unspecified atom stereocenters. The summed E-state index contributed by atoms with van der Waals surface area (Å²) >= 11 is 1.77. The average Bonchev–Trinajstić information content (AvgIpc) is 3.05. The number of benzene rings is 2. The fourth-order valence-electron chi connectivity index (χ4n) is 3.81. The highest BCUT2D eigenvalue weighted by molar-refractivity contribution is 7.19. The molecule has 1 atom stereocenters. The van der Waals surface area contributed by atoms with E-state index < -0.39 is 11.8 Å². The van der Waals surface area contributed by atoms with Crippen molar-refractivity contribution >= 4 is 21.4 Å². The molecule has 1 saturated heterocycles. The second-order valence-electron chi connectivity index (χ2n) is 7.22. The molecule has 136 valence electrons. The summed E-state index contributed by atoms with van der Waals surface area (Å²) in [5.74, 6) is -3.11. The lowest BCUT2D eigenvalue weighted by Crippen LogP contribution is -2.46. The number of hydrogen-bond acceptors (Lipinski definition) is 2. The van der Waals surface area contributed by atoms with Gasteiger partial charge in [-0.1, -0.05) is 48.5 Å². The molecule has 0 N–H and O–H groups in total. The van der Waals surface area contributed by atoms with Crippen molar-refractivity contribution in [2.24, 2.45) is 5.92 Å². The molecule has 3 aromatic rings. The minimum Gasteiger partial charge on any atom is -0.298 e. The van der Waals surface area contributed by atoms with Crippen molar-refractivity contribution in [3.8, 4) is 0 Å². The van der Waals surface area contributed by atoms with Gasteiger partial charge in [-0.15, -0.1) is 11.3 Å². The Morgan fingerprint density at radius 3 is 2.62 bits per heavy atom. The van der Waals surface area contributed by atoms with Gasteiger partial charge in [-0.25, -0.2) is 8.78 Å². The molecular formula is C22H23F2NS. The van der Waals surface area contributed by atoms with Gasteiger partial charge in [0.15, 0.2) is 0 Å². The molecule has 1 nitrogen and oxygen atoms in total. The highest BCUT2D eigenvalue weighted by Crippen LogP contribution is 2.37. The predicted octanol–water partition coefficient (Wildman–Crippen LogP) is 5.99. The first-order valence-corrected chi connectivity index (χ1v) is 10.0. The number of nitrogens with zero attached hydrogens (tertiary/aromatic N) is 1. The topological polar surface area (TPSA) is 3.24 Å². The minimum atomic E-state index is -2.55. The Bertz CT molecular complexity index is 826. The Hall–Kier alpha value is -1.78. The molecule has 26 heavy (non-hydrogen) atoms. The number of aryl methyl sites for hydroxylation is 1. The van der Waals surface area contributed by atoms with Gasteiger partial charge in [0.05, 0.1) is 0 Å². The molecule has 0 aliphatic carbocycles. The summed E-state index contributed by atoms with van der Waals surface area (Å²) in [4.78, 5) is 3.47. The van der Waals surface area contributed by atoms with E-state index in [9.17, 15) is 8.78 Å². The third kappa shape index (κ3) is 3.97. The van der Waals surface area contributed by atoms with Crippen LogP contribution in [0.25, 0.3) is 10.1 Å². The molecule has 1 fully saturated rings. The summed E-state index contributed by atoms with van der Waals surface area (Å²) in [6, 6.07) is 20.5. The van der Waals surface area contributed by atoms with Crippen LogP contribution in [0.4, 0.5) is 8.78 Å². The van der Waals surface area contributed by atoms with Gasteiger partial charge in [0.25, 0.3) is 5.92 Å². The third-order valence-corrected chi connectivity index (χ3v) is 6.42. The fraction of sp³-hybridized carbons (Fsp3) is 0.364. The van der Waals surface area contributed by atoms with E-state index in [0.717, 1.165) is 18.5 Å². The number of piperidine rings is 1. The molecule has 0 amide bonds. The van der Waals surface area contributed by atoms with Crippen LogP contribution < -0.4 is 0 Å². The molecule has 0 saturated carbocycles. The molecule has 1 aliphatic heterocycles. The molecule has 4 heteroatoms. The molecule has 4 rings (SSSR count). The standard InChI is InChI=1S/C22H23F2NS/c23-22(24)12-13-25(15-19(22)11-10-17-6-2-1-3-7-17)16-20-14-18-8-4-5-9-21(18)26-20/h1-9,14,19H,10-13,15-16H2. The van der Waals surface area contributed by atoms with Crippen LogP contribution >= 0.6 is 11.3 Å². The Morgan fingerprint density at radius 1 is 1.04 bits per heavy atom. The van der Waals surface area contributed by atoms with Crippen LogP contribution in [0.1, 0.15) is 23.3 Å². The number of hydrogen-bond donors (Lipinski definition) is 0. The quantitative estimate of drug-likeness (QED) is 0.532. The van der Waals surface area contributed by atoms with E-state index in [1.165, 1.54) is 15.0 Å². The Kier molecular flexibility index (Phi) is 5.05. The van der Waals surface area contributed by atoms with Crippen LogP contribution in [0.3, 0.4) is 0 Å². The van der Waals surface area contributed by atoms with Crippen LogP contribution in [-0.4, -0.2) is 23.9 Å². The van der Waals surface area contributed by atoms with Gasteiger partial charge in [0, 0.05) is 41.6 Å².